The third-order valence-electron chi connectivity index (χ3n) is 4.33. The van der Waals surface area contributed by atoms with Crippen LogP contribution in [0.25, 0.3) is 0 Å². The molecule has 1 N–H and O–H groups in total. The first-order valence-corrected chi connectivity index (χ1v) is 8.89. The molecular formula is C22H23NO5. The van der Waals surface area contributed by atoms with Gasteiger partial charge in [-0.1, -0.05) is 6.08 Å². The van der Waals surface area contributed by atoms with Crippen LogP contribution in [0.15, 0.2) is 70.2 Å². The molecule has 146 valence electrons. The van der Waals surface area contributed by atoms with Crippen molar-refractivity contribution >= 4 is 5.91 Å². The van der Waals surface area contributed by atoms with Crippen LogP contribution < -0.4 is 14.8 Å². The van der Waals surface area contributed by atoms with E-state index >= 15 is 0 Å². The molecule has 1 aromatic carbocycles. The molecule has 2 aromatic heterocycles. The van der Waals surface area contributed by atoms with E-state index in [4.69, 9.17) is 18.3 Å². The lowest BCUT2D eigenvalue weighted by atomic mass is 10.1. The lowest BCUT2D eigenvalue weighted by Gasteiger charge is -2.13. The Labute approximate surface area is 163 Å². The van der Waals surface area contributed by atoms with Crippen LogP contribution in [0.2, 0.25) is 0 Å². The van der Waals surface area contributed by atoms with Crippen molar-refractivity contribution in [3.8, 4) is 11.5 Å². The SMILES string of the molecule is C=CCC(NC(=O)c1ccc(Cc2cc(OC)ccc2OC)o1)c1ccco1. The number of methoxy groups -OCH3 is 2. The molecule has 0 aliphatic carbocycles. The minimum atomic E-state index is -0.313. The van der Waals surface area contributed by atoms with Crippen LogP contribution >= 0.6 is 0 Å². The Morgan fingerprint density at radius 2 is 2.07 bits per heavy atom. The molecule has 0 aliphatic heterocycles. The molecule has 0 saturated carbocycles. The van der Waals surface area contributed by atoms with Gasteiger partial charge in [-0.05, 0) is 48.9 Å². The normalized spacial score (nSPS) is 11.6. The van der Waals surface area contributed by atoms with Gasteiger partial charge in [-0.2, -0.15) is 0 Å². The molecule has 0 radical (unpaired) electrons. The quantitative estimate of drug-likeness (QED) is 0.551. The first kappa shape index (κ1) is 19.4. The predicted molar refractivity (Wildman–Crippen MR) is 105 cm³/mol. The maximum atomic E-state index is 12.6. The van der Waals surface area contributed by atoms with Gasteiger partial charge in [-0.15, -0.1) is 6.58 Å². The largest absolute Gasteiger partial charge is 0.497 e. The van der Waals surface area contributed by atoms with Gasteiger partial charge in [-0.3, -0.25) is 4.79 Å². The van der Waals surface area contributed by atoms with Gasteiger partial charge in [0.25, 0.3) is 5.91 Å². The summed E-state index contributed by atoms with van der Waals surface area (Å²) in [6.45, 7) is 3.73. The van der Waals surface area contributed by atoms with E-state index in [1.165, 1.54) is 0 Å². The molecule has 0 fully saturated rings. The Balaban J connectivity index is 1.73. The number of carbonyl (C=O) groups excluding carboxylic acids is 1. The Kier molecular flexibility index (Phi) is 6.22. The van der Waals surface area contributed by atoms with Crippen molar-refractivity contribution < 1.29 is 23.1 Å². The van der Waals surface area contributed by atoms with Crippen molar-refractivity contribution in [1.29, 1.82) is 0 Å². The molecule has 1 amide bonds. The maximum Gasteiger partial charge on any atom is 0.287 e. The molecular weight excluding hydrogens is 358 g/mol. The van der Waals surface area contributed by atoms with E-state index in [0.29, 0.717) is 24.4 Å². The number of rotatable bonds is 9. The van der Waals surface area contributed by atoms with E-state index < -0.39 is 0 Å². The topological polar surface area (TPSA) is 73.8 Å². The molecule has 3 aromatic rings. The summed E-state index contributed by atoms with van der Waals surface area (Å²) in [7, 11) is 3.22. The highest BCUT2D eigenvalue weighted by Crippen LogP contribution is 2.27. The van der Waals surface area contributed by atoms with Crippen LogP contribution in [-0.4, -0.2) is 20.1 Å². The number of ether oxygens (including phenoxy) is 2. The fourth-order valence-electron chi connectivity index (χ4n) is 2.93. The van der Waals surface area contributed by atoms with E-state index in [-0.39, 0.29) is 17.7 Å². The van der Waals surface area contributed by atoms with Crippen LogP contribution in [-0.2, 0) is 6.42 Å². The molecule has 0 spiro atoms. The van der Waals surface area contributed by atoms with Gasteiger partial charge in [-0.25, -0.2) is 0 Å². The summed E-state index contributed by atoms with van der Waals surface area (Å²) in [5.74, 6) is 2.69. The minimum absolute atomic E-state index is 0.234. The number of hydrogen-bond donors (Lipinski definition) is 1. The van der Waals surface area contributed by atoms with Crippen molar-refractivity contribution in [3.05, 3.63) is 84.2 Å². The average molecular weight is 381 g/mol. The Morgan fingerprint density at radius 3 is 2.75 bits per heavy atom. The highest BCUT2D eigenvalue weighted by Gasteiger charge is 2.19. The minimum Gasteiger partial charge on any atom is -0.497 e. The highest BCUT2D eigenvalue weighted by atomic mass is 16.5. The number of hydrogen-bond acceptors (Lipinski definition) is 5. The second kappa shape index (κ2) is 8.99. The molecule has 0 saturated heterocycles. The van der Waals surface area contributed by atoms with Crippen molar-refractivity contribution in [3.63, 3.8) is 0 Å². The average Bonchev–Trinajstić information content (AvgIpc) is 3.40. The van der Waals surface area contributed by atoms with Gasteiger partial charge in [0.05, 0.1) is 26.5 Å². The van der Waals surface area contributed by atoms with E-state index in [1.807, 2.05) is 24.3 Å². The van der Waals surface area contributed by atoms with Crippen LogP contribution in [0.1, 0.15) is 40.1 Å². The zero-order chi connectivity index (χ0) is 19.9. The number of carbonyl (C=O) groups is 1. The fourth-order valence-corrected chi connectivity index (χ4v) is 2.93. The van der Waals surface area contributed by atoms with E-state index in [9.17, 15) is 4.79 Å². The molecule has 3 rings (SSSR count). The number of nitrogens with one attached hydrogen (secondary N) is 1. The second-order valence-electron chi connectivity index (χ2n) is 6.19. The van der Waals surface area contributed by atoms with Crippen molar-refractivity contribution in [1.82, 2.24) is 5.32 Å². The third-order valence-corrected chi connectivity index (χ3v) is 4.33. The summed E-state index contributed by atoms with van der Waals surface area (Å²) in [4.78, 5) is 12.6. The van der Waals surface area contributed by atoms with E-state index in [2.05, 4.69) is 11.9 Å². The molecule has 1 atom stereocenters. The predicted octanol–water partition coefficient (Wildman–Crippen LogP) is 4.53. The van der Waals surface area contributed by atoms with Gasteiger partial charge in [0.2, 0.25) is 0 Å². The van der Waals surface area contributed by atoms with Gasteiger partial charge < -0.3 is 23.6 Å². The molecule has 1 unspecified atom stereocenters. The standard InChI is InChI=1S/C22H23NO5/c1-4-6-18(20-7-5-12-27-20)23-22(24)21-11-9-17(28-21)14-15-13-16(25-2)8-10-19(15)26-3/h4-5,7-13,18H,1,6,14H2,2-3H3,(H,23,24). The summed E-state index contributed by atoms with van der Waals surface area (Å²) in [5, 5.41) is 2.91. The van der Waals surface area contributed by atoms with E-state index in [1.54, 1.807) is 44.8 Å². The molecule has 2 heterocycles. The van der Waals surface area contributed by atoms with Crippen LogP contribution in [0.3, 0.4) is 0 Å². The summed E-state index contributed by atoms with van der Waals surface area (Å²) in [6.07, 6.45) is 4.33. The van der Waals surface area contributed by atoms with E-state index in [0.717, 1.165) is 17.1 Å². The summed E-state index contributed by atoms with van der Waals surface area (Å²) >= 11 is 0. The zero-order valence-electron chi connectivity index (χ0n) is 15.9. The zero-order valence-corrected chi connectivity index (χ0v) is 15.9. The monoisotopic (exact) mass is 381 g/mol. The molecule has 6 nitrogen and oxygen atoms in total. The Hall–Kier alpha value is -3.41. The van der Waals surface area contributed by atoms with Gasteiger partial charge in [0.15, 0.2) is 5.76 Å². The summed E-state index contributed by atoms with van der Waals surface area (Å²) in [6, 6.07) is 12.3. The third kappa shape index (κ3) is 4.46. The van der Waals surface area contributed by atoms with Crippen LogP contribution in [0.4, 0.5) is 0 Å². The second-order valence-corrected chi connectivity index (χ2v) is 6.19. The summed E-state index contributed by atoms with van der Waals surface area (Å²) in [5.41, 5.74) is 0.906. The van der Waals surface area contributed by atoms with Gasteiger partial charge in [0.1, 0.15) is 23.0 Å². The van der Waals surface area contributed by atoms with Crippen molar-refractivity contribution in [2.75, 3.05) is 14.2 Å². The van der Waals surface area contributed by atoms with Crippen LogP contribution in [0.5, 0.6) is 11.5 Å². The lowest BCUT2D eigenvalue weighted by Crippen LogP contribution is -2.27. The smallest absolute Gasteiger partial charge is 0.287 e. The summed E-state index contributed by atoms with van der Waals surface area (Å²) < 4.78 is 21.8. The van der Waals surface area contributed by atoms with Gasteiger partial charge >= 0.3 is 0 Å². The first-order valence-electron chi connectivity index (χ1n) is 8.89. The number of amides is 1. The van der Waals surface area contributed by atoms with Gasteiger partial charge in [0, 0.05) is 12.0 Å². The first-order chi connectivity index (χ1) is 13.6. The Bertz CT molecular complexity index is 926. The number of furan rings is 2. The Morgan fingerprint density at radius 1 is 1.21 bits per heavy atom. The lowest BCUT2D eigenvalue weighted by molar-refractivity contribution is 0.0902. The van der Waals surface area contributed by atoms with Crippen molar-refractivity contribution in [2.24, 2.45) is 0 Å². The molecule has 6 heteroatoms. The molecule has 28 heavy (non-hydrogen) atoms. The van der Waals surface area contributed by atoms with Crippen molar-refractivity contribution in [2.45, 2.75) is 18.9 Å². The van der Waals surface area contributed by atoms with Crippen LogP contribution in [0, 0.1) is 0 Å². The maximum absolute atomic E-state index is 12.6. The highest BCUT2D eigenvalue weighted by molar-refractivity contribution is 5.91. The fraction of sp³-hybridized carbons (Fsp3) is 0.227. The molecule has 0 bridgehead atoms. The number of benzene rings is 1. The molecule has 0 aliphatic rings.